The summed E-state index contributed by atoms with van der Waals surface area (Å²) in [4.78, 5) is 23.2. The first-order chi connectivity index (χ1) is 10.7. The van der Waals surface area contributed by atoms with Gasteiger partial charge in [0.2, 0.25) is 0 Å². The van der Waals surface area contributed by atoms with E-state index in [1.807, 2.05) is 18.2 Å². The Morgan fingerprint density at radius 3 is 2.64 bits per heavy atom. The van der Waals surface area contributed by atoms with Crippen LogP contribution in [0.4, 0.5) is 4.79 Å². The Balaban J connectivity index is 1.84. The first-order valence-electron chi connectivity index (χ1n) is 7.25. The Morgan fingerprint density at radius 2 is 2.00 bits per heavy atom. The van der Waals surface area contributed by atoms with E-state index < -0.39 is 0 Å². The number of carbonyl (C=O) groups excluding carboxylic acids is 2. The number of amides is 2. The molecule has 1 aromatic rings. The monoisotopic (exact) mass is 319 g/mol. The van der Waals surface area contributed by atoms with E-state index in [0.717, 1.165) is 30.2 Å². The molecule has 1 aromatic carbocycles. The summed E-state index contributed by atoms with van der Waals surface area (Å²) in [5.74, 6) is 0.996. The van der Waals surface area contributed by atoms with Crippen LogP contribution in [-0.4, -0.2) is 24.4 Å². The highest BCUT2D eigenvalue weighted by Gasteiger charge is 2.25. The zero-order valence-corrected chi connectivity index (χ0v) is 13.1. The van der Waals surface area contributed by atoms with Gasteiger partial charge >= 0.3 is 0 Å². The molecule has 0 aromatic heterocycles. The Bertz CT molecular complexity index is 635. The molecule has 2 fully saturated rings. The van der Waals surface area contributed by atoms with Gasteiger partial charge in [0, 0.05) is 0 Å². The summed E-state index contributed by atoms with van der Waals surface area (Å²) in [6.45, 7) is 0. The third-order valence-electron chi connectivity index (χ3n) is 3.72. The molecule has 0 unspecified atom stereocenters. The maximum absolute atomic E-state index is 11.6. The van der Waals surface area contributed by atoms with E-state index in [4.69, 9.17) is 9.47 Å². The second kappa shape index (κ2) is 6.44. The van der Waals surface area contributed by atoms with Crippen molar-refractivity contribution >= 4 is 29.0 Å². The van der Waals surface area contributed by atoms with E-state index in [-0.39, 0.29) is 17.3 Å². The van der Waals surface area contributed by atoms with Gasteiger partial charge in [0.1, 0.15) is 0 Å². The normalized spacial score (nSPS) is 20.5. The zero-order valence-electron chi connectivity index (χ0n) is 12.3. The van der Waals surface area contributed by atoms with Gasteiger partial charge in [-0.3, -0.25) is 14.9 Å². The maximum atomic E-state index is 11.6. The summed E-state index contributed by atoms with van der Waals surface area (Å²) in [6.07, 6.45) is 6.40. The molecule has 6 heteroatoms. The summed E-state index contributed by atoms with van der Waals surface area (Å²) in [5.41, 5.74) is 0.807. The molecule has 0 bridgehead atoms. The molecule has 0 radical (unpaired) electrons. The Hall–Kier alpha value is -1.95. The van der Waals surface area contributed by atoms with Crippen LogP contribution in [0.3, 0.4) is 0 Å². The highest BCUT2D eigenvalue weighted by atomic mass is 32.2. The lowest BCUT2D eigenvalue weighted by Gasteiger charge is -2.16. The van der Waals surface area contributed by atoms with Gasteiger partial charge in [-0.15, -0.1) is 0 Å². The number of hydrogen-bond acceptors (Lipinski definition) is 5. The number of ether oxygens (including phenoxy) is 2. The molecule has 2 aliphatic rings. The van der Waals surface area contributed by atoms with Crippen molar-refractivity contribution in [3.05, 3.63) is 28.7 Å². The van der Waals surface area contributed by atoms with Crippen molar-refractivity contribution in [2.45, 2.75) is 31.8 Å². The van der Waals surface area contributed by atoms with Crippen molar-refractivity contribution < 1.29 is 19.1 Å². The van der Waals surface area contributed by atoms with Gasteiger partial charge in [-0.2, -0.15) is 0 Å². The minimum atomic E-state index is -0.357. The standard InChI is InChI=1S/C16H17NO4S/c1-20-12-7-6-10(9-14-15(18)17-16(19)22-14)8-13(12)21-11-4-2-3-5-11/h6-9,11H,2-5H2,1H3,(H,17,18,19)/b14-9-. The Labute approximate surface area is 133 Å². The second-order valence-corrected chi connectivity index (χ2v) is 6.30. The molecule has 0 atom stereocenters. The molecule has 5 nitrogen and oxygen atoms in total. The molecular formula is C16H17NO4S. The summed E-state index contributed by atoms with van der Waals surface area (Å²) < 4.78 is 11.4. The van der Waals surface area contributed by atoms with E-state index in [2.05, 4.69) is 5.32 Å². The van der Waals surface area contributed by atoms with Crippen LogP contribution in [0.1, 0.15) is 31.2 Å². The van der Waals surface area contributed by atoms with Gasteiger partial charge in [0.15, 0.2) is 11.5 Å². The summed E-state index contributed by atoms with van der Waals surface area (Å²) in [6, 6.07) is 5.50. The van der Waals surface area contributed by atoms with E-state index in [1.54, 1.807) is 13.2 Å². The molecule has 1 aliphatic carbocycles. The van der Waals surface area contributed by atoms with Gasteiger partial charge in [-0.05, 0) is 61.2 Å². The third kappa shape index (κ3) is 3.27. The van der Waals surface area contributed by atoms with Crippen molar-refractivity contribution in [1.82, 2.24) is 5.32 Å². The van der Waals surface area contributed by atoms with Crippen LogP contribution in [0.25, 0.3) is 6.08 Å². The number of rotatable bonds is 4. The summed E-state index contributed by atoms with van der Waals surface area (Å²) in [7, 11) is 1.61. The molecule has 2 amide bonds. The second-order valence-electron chi connectivity index (χ2n) is 5.29. The number of imide groups is 1. The fraction of sp³-hybridized carbons (Fsp3) is 0.375. The fourth-order valence-electron chi connectivity index (χ4n) is 2.63. The molecule has 1 saturated heterocycles. The van der Waals surface area contributed by atoms with Crippen molar-refractivity contribution in [2.75, 3.05) is 7.11 Å². The smallest absolute Gasteiger partial charge is 0.290 e. The molecule has 1 heterocycles. The number of thioether (sulfide) groups is 1. The predicted octanol–water partition coefficient (Wildman–Crippen LogP) is 3.34. The van der Waals surface area contributed by atoms with Gasteiger partial charge in [0.05, 0.1) is 18.1 Å². The molecule has 116 valence electrons. The van der Waals surface area contributed by atoms with Gasteiger partial charge in [0.25, 0.3) is 11.1 Å². The Morgan fingerprint density at radius 1 is 1.23 bits per heavy atom. The van der Waals surface area contributed by atoms with E-state index in [1.165, 1.54) is 12.8 Å². The highest BCUT2D eigenvalue weighted by Crippen LogP contribution is 2.34. The van der Waals surface area contributed by atoms with Crippen LogP contribution in [0.5, 0.6) is 11.5 Å². The van der Waals surface area contributed by atoms with Crippen LogP contribution >= 0.6 is 11.8 Å². The van der Waals surface area contributed by atoms with Crippen LogP contribution in [0.2, 0.25) is 0 Å². The van der Waals surface area contributed by atoms with E-state index in [0.29, 0.717) is 16.4 Å². The molecule has 1 saturated carbocycles. The number of hydrogen-bond donors (Lipinski definition) is 1. The number of benzene rings is 1. The first kappa shape index (κ1) is 15.0. The lowest BCUT2D eigenvalue weighted by molar-refractivity contribution is -0.115. The van der Waals surface area contributed by atoms with Crippen LogP contribution in [-0.2, 0) is 4.79 Å². The molecule has 1 N–H and O–H groups in total. The van der Waals surface area contributed by atoms with Crippen LogP contribution < -0.4 is 14.8 Å². The van der Waals surface area contributed by atoms with Gasteiger partial charge in [-0.25, -0.2) is 0 Å². The lowest BCUT2D eigenvalue weighted by Crippen LogP contribution is -2.17. The topological polar surface area (TPSA) is 64.6 Å². The van der Waals surface area contributed by atoms with Crippen molar-refractivity contribution in [2.24, 2.45) is 0 Å². The first-order valence-corrected chi connectivity index (χ1v) is 8.07. The van der Waals surface area contributed by atoms with Gasteiger partial charge in [-0.1, -0.05) is 6.07 Å². The number of methoxy groups -OCH3 is 1. The van der Waals surface area contributed by atoms with Gasteiger partial charge < -0.3 is 9.47 Å². The highest BCUT2D eigenvalue weighted by molar-refractivity contribution is 8.18. The van der Waals surface area contributed by atoms with Crippen LogP contribution in [0.15, 0.2) is 23.1 Å². The minimum Gasteiger partial charge on any atom is -0.493 e. The lowest BCUT2D eigenvalue weighted by atomic mass is 10.1. The summed E-state index contributed by atoms with van der Waals surface area (Å²) >= 11 is 0.907. The molecule has 1 aliphatic heterocycles. The minimum absolute atomic E-state index is 0.225. The molecule has 0 spiro atoms. The number of nitrogens with one attached hydrogen (secondary N) is 1. The van der Waals surface area contributed by atoms with Crippen molar-refractivity contribution in [1.29, 1.82) is 0 Å². The molecule has 22 heavy (non-hydrogen) atoms. The van der Waals surface area contributed by atoms with E-state index in [9.17, 15) is 9.59 Å². The average Bonchev–Trinajstić information content (AvgIpc) is 3.10. The van der Waals surface area contributed by atoms with E-state index >= 15 is 0 Å². The fourth-order valence-corrected chi connectivity index (χ4v) is 3.32. The predicted molar refractivity (Wildman–Crippen MR) is 85.0 cm³/mol. The number of carbonyl (C=O) groups is 2. The maximum Gasteiger partial charge on any atom is 0.290 e. The molecular weight excluding hydrogens is 302 g/mol. The zero-order chi connectivity index (χ0) is 15.5. The third-order valence-corrected chi connectivity index (χ3v) is 4.53. The Kier molecular flexibility index (Phi) is 4.38. The van der Waals surface area contributed by atoms with Crippen molar-refractivity contribution in [3.8, 4) is 11.5 Å². The van der Waals surface area contributed by atoms with Crippen LogP contribution in [0, 0.1) is 0 Å². The largest absolute Gasteiger partial charge is 0.493 e. The van der Waals surface area contributed by atoms with Crippen molar-refractivity contribution in [3.63, 3.8) is 0 Å². The quantitative estimate of drug-likeness (QED) is 0.862. The average molecular weight is 319 g/mol. The SMILES string of the molecule is COc1ccc(/C=C2\SC(=O)NC2=O)cc1OC1CCCC1. The summed E-state index contributed by atoms with van der Waals surface area (Å²) in [5, 5.41) is 1.90. The molecule has 3 rings (SSSR count).